The summed E-state index contributed by atoms with van der Waals surface area (Å²) in [5, 5.41) is 3.98. The Labute approximate surface area is 114 Å². The Balaban J connectivity index is 2.03. The first-order chi connectivity index (χ1) is 9.10. The summed E-state index contributed by atoms with van der Waals surface area (Å²) in [6, 6.07) is 8.13. The second kappa shape index (κ2) is 5.89. The molecule has 0 saturated heterocycles. The van der Waals surface area contributed by atoms with Crippen LogP contribution in [0.4, 0.5) is 0 Å². The first-order valence-corrected chi connectivity index (χ1v) is 6.33. The van der Waals surface area contributed by atoms with Crippen LogP contribution in [0.3, 0.4) is 0 Å². The van der Waals surface area contributed by atoms with Gasteiger partial charge in [0, 0.05) is 18.7 Å². The van der Waals surface area contributed by atoms with Crippen LogP contribution in [0.15, 0.2) is 28.8 Å². The Bertz CT molecular complexity index is 529. The smallest absolute Gasteiger partial charge is 0.138 e. The molecule has 0 aliphatic heterocycles. The fourth-order valence-corrected chi connectivity index (χ4v) is 2.14. The highest BCUT2D eigenvalue weighted by atomic mass is 16.5. The van der Waals surface area contributed by atoms with Crippen LogP contribution in [0.5, 0.6) is 5.75 Å². The number of ether oxygens (including phenoxy) is 1. The number of aromatic nitrogens is 1. The van der Waals surface area contributed by atoms with Gasteiger partial charge in [-0.2, -0.15) is 0 Å². The Kier molecular flexibility index (Phi) is 4.22. The first kappa shape index (κ1) is 13.6. The van der Waals surface area contributed by atoms with Gasteiger partial charge >= 0.3 is 0 Å². The highest BCUT2D eigenvalue weighted by Gasteiger charge is 2.11. The van der Waals surface area contributed by atoms with Gasteiger partial charge in [-0.25, -0.2) is 0 Å². The molecule has 102 valence electrons. The SMILES string of the molecule is COc1cccc(CN(C)Cc2c(C)noc2C)c1. The Morgan fingerprint density at radius 3 is 2.68 bits per heavy atom. The van der Waals surface area contributed by atoms with E-state index >= 15 is 0 Å². The second-order valence-electron chi connectivity index (χ2n) is 4.83. The van der Waals surface area contributed by atoms with Gasteiger partial charge in [-0.15, -0.1) is 0 Å². The van der Waals surface area contributed by atoms with E-state index < -0.39 is 0 Å². The average Bonchev–Trinajstić information content (AvgIpc) is 2.71. The molecular formula is C15H20N2O2. The molecule has 0 amide bonds. The third-order valence-electron chi connectivity index (χ3n) is 3.20. The summed E-state index contributed by atoms with van der Waals surface area (Å²) < 4.78 is 10.4. The minimum atomic E-state index is 0.832. The molecule has 0 aliphatic carbocycles. The van der Waals surface area contributed by atoms with Crippen molar-refractivity contribution in [3.63, 3.8) is 0 Å². The highest BCUT2D eigenvalue weighted by Crippen LogP contribution is 2.17. The maximum absolute atomic E-state index is 5.24. The van der Waals surface area contributed by atoms with E-state index in [0.29, 0.717) is 0 Å². The average molecular weight is 260 g/mol. The molecule has 2 rings (SSSR count). The molecule has 0 radical (unpaired) electrons. The lowest BCUT2D eigenvalue weighted by Gasteiger charge is -2.16. The zero-order chi connectivity index (χ0) is 13.8. The molecule has 1 aromatic carbocycles. The van der Waals surface area contributed by atoms with Crippen molar-refractivity contribution in [3.05, 3.63) is 46.8 Å². The van der Waals surface area contributed by atoms with E-state index in [4.69, 9.17) is 9.26 Å². The van der Waals surface area contributed by atoms with Gasteiger partial charge in [0.1, 0.15) is 11.5 Å². The quantitative estimate of drug-likeness (QED) is 0.828. The second-order valence-corrected chi connectivity index (χ2v) is 4.83. The predicted molar refractivity (Wildman–Crippen MR) is 74.1 cm³/mol. The monoisotopic (exact) mass is 260 g/mol. The molecule has 4 heteroatoms. The van der Waals surface area contributed by atoms with Gasteiger partial charge in [-0.3, -0.25) is 4.90 Å². The van der Waals surface area contributed by atoms with Gasteiger partial charge in [0.05, 0.1) is 12.8 Å². The molecule has 1 heterocycles. The van der Waals surface area contributed by atoms with Crippen molar-refractivity contribution in [1.82, 2.24) is 10.1 Å². The lowest BCUT2D eigenvalue weighted by atomic mass is 10.1. The van der Waals surface area contributed by atoms with Gasteiger partial charge in [-0.05, 0) is 38.6 Å². The van der Waals surface area contributed by atoms with Crippen molar-refractivity contribution in [1.29, 1.82) is 0 Å². The van der Waals surface area contributed by atoms with Gasteiger partial charge < -0.3 is 9.26 Å². The largest absolute Gasteiger partial charge is 0.497 e. The van der Waals surface area contributed by atoms with Crippen molar-refractivity contribution < 1.29 is 9.26 Å². The zero-order valence-electron chi connectivity index (χ0n) is 11.9. The van der Waals surface area contributed by atoms with Gasteiger partial charge in [-0.1, -0.05) is 17.3 Å². The van der Waals surface area contributed by atoms with Gasteiger partial charge in [0.2, 0.25) is 0 Å². The first-order valence-electron chi connectivity index (χ1n) is 6.33. The van der Waals surface area contributed by atoms with Crippen LogP contribution in [-0.2, 0) is 13.1 Å². The standard InChI is InChI=1S/C15H20N2O2/c1-11-15(12(2)19-16-11)10-17(3)9-13-6-5-7-14(8-13)18-4/h5-8H,9-10H2,1-4H3. The van der Waals surface area contributed by atoms with Crippen molar-refractivity contribution in [3.8, 4) is 5.75 Å². The van der Waals surface area contributed by atoms with E-state index in [1.807, 2.05) is 26.0 Å². The van der Waals surface area contributed by atoms with E-state index in [9.17, 15) is 0 Å². The summed E-state index contributed by atoms with van der Waals surface area (Å²) in [5.74, 6) is 1.79. The maximum Gasteiger partial charge on any atom is 0.138 e. The highest BCUT2D eigenvalue weighted by molar-refractivity contribution is 5.28. The lowest BCUT2D eigenvalue weighted by Crippen LogP contribution is -2.18. The molecule has 0 spiro atoms. The number of hydrogen-bond acceptors (Lipinski definition) is 4. The molecule has 0 N–H and O–H groups in total. The van der Waals surface area contributed by atoms with E-state index in [2.05, 4.69) is 29.2 Å². The van der Waals surface area contributed by atoms with Crippen molar-refractivity contribution >= 4 is 0 Å². The number of methoxy groups -OCH3 is 1. The number of nitrogens with zero attached hydrogens (tertiary/aromatic N) is 2. The summed E-state index contributed by atoms with van der Waals surface area (Å²) in [7, 11) is 3.78. The van der Waals surface area contributed by atoms with Crippen LogP contribution in [0.2, 0.25) is 0 Å². The minimum Gasteiger partial charge on any atom is -0.497 e. The number of benzene rings is 1. The number of aryl methyl sites for hydroxylation is 2. The van der Waals surface area contributed by atoms with Crippen molar-refractivity contribution in [2.75, 3.05) is 14.2 Å². The normalized spacial score (nSPS) is 11.0. The lowest BCUT2D eigenvalue weighted by molar-refractivity contribution is 0.314. The molecule has 0 saturated carbocycles. The third-order valence-corrected chi connectivity index (χ3v) is 3.20. The summed E-state index contributed by atoms with van der Waals surface area (Å²) in [5.41, 5.74) is 3.37. The van der Waals surface area contributed by atoms with E-state index in [0.717, 1.165) is 30.3 Å². The Morgan fingerprint density at radius 1 is 1.26 bits per heavy atom. The molecule has 0 fully saturated rings. The van der Waals surface area contributed by atoms with E-state index in [1.54, 1.807) is 7.11 Å². The maximum atomic E-state index is 5.24. The number of rotatable bonds is 5. The number of hydrogen-bond donors (Lipinski definition) is 0. The topological polar surface area (TPSA) is 38.5 Å². The molecule has 0 atom stereocenters. The van der Waals surface area contributed by atoms with Crippen molar-refractivity contribution in [2.24, 2.45) is 0 Å². The molecule has 2 aromatic rings. The Hall–Kier alpha value is -1.81. The fraction of sp³-hybridized carbons (Fsp3) is 0.400. The van der Waals surface area contributed by atoms with Gasteiger partial charge in [0.25, 0.3) is 0 Å². The summed E-state index contributed by atoms with van der Waals surface area (Å²) in [6.45, 7) is 5.62. The molecule has 4 nitrogen and oxygen atoms in total. The third kappa shape index (κ3) is 3.35. The molecule has 19 heavy (non-hydrogen) atoms. The summed E-state index contributed by atoms with van der Waals surface area (Å²) in [6.07, 6.45) is 0. The van der Waals surface area contributed by atoms with Crippen molar-refractivity contribution in [2.45, 2.75) is 26.9 Å². The molecule has 0 aliphatic rings. The summed E-state index contributed by atoms with van der Waals surface area (Å²) >= 11 is 0. The van der Waals surface area contributed by atoms with Crippen LogP contribution in [0.25, 0.3) is 0 Å². The van der Waals surface area contributed by atoms with Gasteiger partial charge in [0.15, 0.2) is 0 Å². The van der Waals surface area contributed by atoms with Crippen LogP contribution >= 0.6 is 0 Å². The zero-order valence-corrected chi connectivity index (χ0v) is 11.9. The molecule has 1 aromatic heterocycles. The minimum absolute atomic E-state index is 0.832. The van der Waals surface area contributed by atoms with E-state index in [-0.39, 0.29) is 0 Å². The molecule has 0 unspecified atom stereocenters. The summed E-state index contributed by atoms with van der Waals surface area (Å²) in [4.78, 5) is 2.24. The molecule has 0 bridgehead atoms. The van der Waals surface area contributed by atoms with Crippen LogP contribution in [-0.4, -0.2) is 24.2 Å². The predicted octanol–water partition coefficient (Wildman–Crippen LogP) is 2.93. The Morgan fingerprint density at radius 2 is 2.05 bits per heavy atom. The van der Waals surface area contributed by atoms with Crippen LogP contribution < -0.4 is 4.74 Å². The van der Waals surface area contributed by atoms with Crippen LogP contribution in [0, 0.1) is 13.8 Å². The fourth-order valence-electron chi connectivity index (χ4n) is 2.14. The van der Waals surface area contributed by atoms with Crippen LogP contribution in [0.1, 0.15) is 22.6 Å². The molecular weight excluding hydrogens is 240 g/mol. The van der Waals surface area contributed by atoms with E-state index in [1.165, 1.54) is 11.1 Å².